The molecule has 0 spiro atoms. The number of nitriles is 1. The van der Waals surface area contributed by atoms with E-state index in [-0.39, 0.29) is 0 Å². The second-order valence-corrected chi connectivity index (χ2v) is 2.90. The van der Waals surface area contributed by atoms with Gasteiger partial charge in [-0.25, -0.2) is 4.99 Å². The van der Waals surface area contributed by atoms with E-state index in [0.717, 1.165) is 0 Å². The lowest BCUT2D eigenvalue weighted by atomic mass is 10.2. The van der Waals surface area contributed by atoms with Crippen molar-refractivity contribution in [3.8, 4) is 6.07 Å². The van der Waals surface area contributed by atoms with Gasteiger partial charge in [0.2, 0.25) is 0 Å². The summed E-state index contributed by atoms with van der Waals surface area (Å²) in [7, 11) is 0. The molecule has 1 rings (SSSR count). The van der Waals surface area contributed by atoms with Crippen molar-refractivity contribution in [1.82, 2.24) is 0 Å². The summed E-state index contributed by atoms with van der Waals surface area (Å²) in [4.78, 5) is 3.97. The molecular weight excluding hydrogens is 200 g/mol. The third-order valence-electron chi connectivity index (χ3n) is 1.51. The molecule has 0 saturated heterocycles. The van der Waals surface area contributed by atoms with E-state index in [1.165, 1.54) is 6.40 Å². The molecule has 0 bridgehead atoms. The highest BCUT2D eigenvalue weighted by Gasteiger charge is 2.00. The minimum Gasteiger partial charge on any atom is -0.483 e. The molecule has 4 heteroatoms. The van der Waals surface area contributed by atoms with Crippen LogP contribution in [0.15, 0.2) is 23.2 Å². The molecule has 0 radical (unpaired) electrons. The van der Waals surface area contributed by atoms with Crippen molar-refractivity contribution in [2.45, 2.75) is 6.92 Å². The molecule has 1 aromatic carbocycles. The first-order valence-electron chi connectivity index (χ1n) is 4.11. The Morgan fingerprint density at radius 3 is 3.07 bits per heavy atom. The molecule has 0 atom stereocenters. The summed E-state index contributed by atoms with van der Waals surface area (Å²) in [6, 6.07) is 6.92. The fourth-order valence-corrected chi connectivity index (χ4v) is 1.04. The smallest absolute Gasteiger partial charge is 0.174 e. The van der Waals surface area contributed by atoms with Crippen molar-refractivity contribution in [2.24, 2.45) is 4.99 Å². The van der Waals surface area contributed by atoms with E-state index in [1.807, 2.05) is 13.0 Å². The zero-order chi connectivity index (χ0) is 10.4. The Labute approximate surface area is 87.6 Å². The van der Waals surface area contributed by atoms with E-state index >= 15 is 0 Å². The van der Waals surface area contributed by atoms with Crippen LogP contribution in [-0.2, 0) is 4.74 Å². The fraction of sp³-hybridized carbons (Fsp3) is 0.200. The first-order valence-corrected chi connectivity index (χ1v) is 4.49. The highest BCUT2D eigenvalue weighted by atomic mass is 35.5. The first kappa shape index (κ1) is 10.6. The standard InChI is InChI=1S/C10H9ClN2O/c1-2-14-7-13-10-5-9(11)4-3-8(10)6-12/h3-5,7H,2H2,1H3. The SMILES string of the molecule is CCOC=Nc1cc(Cl)ccc1C#N. The summed E-state index contributed by atoms with van der Waals surface area (Å²) in [6.45, 7) is 2.40. The number of nitrogens with zero attached hydrogens (tertiary/aromatic N) is 2. The fourth-order valence-electron chi connectivity index (χ4n) is 0.875. The van der Waals surface area contributed by atoms with Crippen LogP contribution in [0, 0.1) is 11.3 Å². The number of halogens is 1. The van der Waals surface area contributed by atoms with Gasteiger partial charge >= 0.3 is 0 Å². The lowest BCUT2D eigenvalue weighted by Crippen LogP contribution is -1.85. The maximum absolute atomic E-state index is 8.76. The van der Waals surface area contributed by atoms with Crippen LogP contribution in [0.1, 0.15) is 12.5 Å². The zero-order valence-electron chi connectivity index (χ0n) is 7.70. The summed E-state index contributed by atoms with van der Waals surface area (Å²) in [6.07, 6.45) is 1.31. The van der Waals surface area contributed by atoms with Gasteiger partial charge in [-0.2, -0.15) is 5.26 Å². The molecule has 0 aliphatic carbocycles. The van der Waals surface area contributed by atoms with Crippen LogP contribution in [0.3, 0.4) is 0 Å². The molecule has 1 aromatic rings. The number of rotatable bonds is 3. The molecule has 14 heavy (non-hydrogen) atoms. The second kappa shape index (κ2) is 5.25. The topological polar surface area (TPSA) is 45.4 Å². The molecule has 0 heterocycles. The van der Waals surface area contributed by atoms with Gasteiger partial charge in [-0.15, -0.1) is 0 Å². The lowest BCUT2D eigenvalue weighted by molar-refractivity contribution is 0.344. The normalized spacial score (nSPS) is 10.1. The summed E-state index contributed by atoms with van der Waals surface area (Å²) in [5, 5.41) is 9.31. The van der Waals surface area contributed by atoms with E-state index in [4.69, 9.17) is 21.6 Å². The molecular formula is C10H9ClN2O. The van der Waals surface area contributed by atoms with Crippen molar-refractivity contribution in [3.63, 3.8) is 0 Å². The Bertz CT molecular complexity index is 382. The third-order valence-corrected chi connectivity index (χ3v) is 1.75. The van der Waals surface area contributed by atoms with Gasteiger partial charge < -0.3 is 4.74 Å². The molecule has 72 valence electrons. The van der Waals surface area contributed by atoms with Gasteiger partial charge in [0.05, 0.1) is 17.9 Å². The molecule has 0 N–H and O–H groups in total. The lowest BCUT2D eigenvalue weighted by Gasteiger charge is -1.98. The summed E-state index contributed by atoms with van der Waals surface area (Å²) >= 11 is 5.76. The van der Waals surface area contributed by atoms with Gasteiger partial charge in [0.15, 0.2) is 6.40 Å². The summed E-state index contributed by atoms with van der Waals surface area (Å²) < 4.78 is 4.93. The monoisotopic (exact) mass is 208 g/mol. The van der Waals surface area contributed by atoms with Crippen LogP contribution in [0.5, 0.6) is 0 Å². The summed E-state index contributed by atoms with van der Waals surface area (Å²) in [5.41, 5.74) is 0.999. The zero-order valence-corrected chi connectivity index (χ0v) is 8.45. The van der Waals surface area contributed by atoms with Crippen molar-refractivity contribution < 1.29 is 4.74 Å². The predicted octanol–water partition coefficient (Wildman–Crippen LogP) is 2.91. The van der Waals surface area contributed by atoms with Gasteiger partial charge in [-0.3, -0.25) is 0 Å². The van der Waals surface area contributed by atoms with Crippen LogP contribution in [0.25, 0.3) is 0 Å². The van der Waals surface area contributed by atoms with Gasteiger partial charge in [0, 0.05) is 5.02 Å². The Morgan fingerprint density at radius 1 is 1.64 bits per heavy atom. The van der Waals surface area contributed by atoms with Gasteiger partial charge in [-0.1, -0.05) is 11.6 Å². The van der Waals surface area contributed by atoms with Crippen molar-refractivity contribution in [3.05, 3.63) is 28.8 Å². The Morgan fingerprint density at radius 2 is 2.43 bits per heavy atom. The quantitative estimate of drug-likeness (QED) is 0.566. The third kappa shape index (κ3) is 2.75. The van der Waals surface area contributed by atoms with Gasteiger partial charge in [-0.05, 0) is 25.1 Å². The van der Waals surface area contributed by atoms with E-state index in [1.54, 1.807) is 18.2 Å². The number of aliphatic imine (C=N–C) groups is 1. The van der Waals surface area contributed by atoms with Crippen LogP contribution >= 0.6 is 11.6 Å². The average molecular weight is 209 g/mol. The number of hydrogen-bond acceptors (Lipinski definition) is 3. The second-order valence-electron chi connectivity index (χ2n) is 2.46. The predicted molar refractivity (Wildman–Crippen MR) is 55.9 cm³/mol. The molecule has 0 aliphatic heterocycles. The van der Waals surface area contributed by atoms with Crippen LogP contribution in [0.4, 0.5) is 5.69 Å². The van der Waals surface area contributed by atoms with Crippen LogP contribution in [0.2, 0.25) is 5.02 Å². The van der Waals surface area contributed by atoms with Crippen LogP contribution in [-0.4, -0.2) is 13.0 Å². The molecule has 0 unspecified atom stereocenters. The Hall–Kier alpha value is -1.53. The van der Waals surface area contributed by atoms with E-state index in [9.17, 15) is 0 Å². The molecule has 0 fully saturated rings. The van der Waals surface area contributed by atoms with Crippen LogP contribution < -0.4 is 0 Å². The minimum atomic E-state index is 0.477. The van der Waals surface area contributed by atoms with E-state index < -0.39 is 0 Å². The molecule has 0 saturated carbocycles. The number of hydrogen-bond donors (Lipinski definition) is 0. The van der Waals surface area contributed by atoms with Crippen molar-refractivity contribution in [2.75, 3.05) is 6.61 Å². The Kier molecular flexibility index (Phi) is 3.96. The number of benzene rings is 1. The minimum absolute atomic E-state index is 0.477. The maximum Gasteiger partial charge on any atom is 0.174 e. The molecule has 0 amide bonds. The summed E-state index contributed by atoms with van der Waals surface area (Å²) in [5.74, 6) is 0. The highest BCUT2D eigenvalue weighted by molar-refractivity contribution is 6.30. The molecule has 3 nitrogen and oxygen atoms in total. The maximum atomic E-state index is 8.76. The van der Waals surface area contributed by atoms with Crippen molar-refractivity contribution >= 4 is 23.7 Å². The van der Waals surface area contributed by atoms with Gasteiger partial charge in [0.25, 0.3) is 0 Å². The van der Waals surface area contributed by atoms with Gasteiger partial charge in [0.1, 0.15) is 6.07 Å². The number of ether oxygens (including phenoxy) is 1. The average Bonchev–Trinajstić information content (AvgIpc) is 2.19. The van der Waals surface area contributed by atoms with E-state index in [2.05, 4.69) is 4.99 Å². The molecule has 0 aliphatic rings. The largest absolute Gasteiger partial charge is 0.483 e. The molecule has 0 aromatic heterocycles. The highest BCUT2D eigenvalue weighted by Crippen LogP contribution is 2.22. The van der Waals surface area contributed by atoms with E-state index in [0.29, 0.717) is 22.9 Å². The van der Waals surface area contributed by atoms with Crippen molar-refractivity contribution in [1.29, 1.82) is 5.26 Å². The Balaban J connectivity index is 2.94. The first-order chi connectivity index (χ1) is 6.77.